The van der Waals surface area contributed by atoms with Crippen molar-refractivity contribution >= 4 is 23.3 Å². The fourth-order valence-electron chi connectivity index (χ4n) is 4.49. The van der Waals surface area contributed by atoms with E-state index >= 15 is 0 Å². The third-order valence-electron chi connectivity index (χ3n) is 6.34. The van der Waals surface area contributed by atoms with E-state index in [0.29, 0.717) is 17.8 Å². The average Bonchev–Trinajstić information content (AvgIpc) is 2.91. The number of benzene rings is 1. The van der Waals surface area contributed by atoms with Gasteiger partial charge in [-0.05, 0) is 54.8 Å². The van der Waals surface area contributed by atoms with Crippen molar-refractivity contribution in [3.05, 3.63) is 71.7 Å². The molecule has 4 rings (SSSR count). The van der Waals surface area contributed by atoms with Gasteiger partial charge in [0, 0.05) is 36.6 Å². The van der Waals surface area contributed by atoms with E-state index in [1.807, 2.05) is 25.1 Å². The van der Waals surface area contributed by atoms with E-state index < -0.39 is 11.9 Å². The highest BCUT2D eigenvalue weighted by atomic mass is 16.3. The summed E-state index contributed by atoms with van der Waals surface area (Å²) in [5.41, 5.74) is 4.01. The summed E-state index contributed by atoms with van der Waals surface area (Å²) in [7, 11) is 0. The number of rotatable bonds is 7. The number of nitrogens with one attached hydrogen (secondary N) is 2. The Balaban J connectivity index is 1.65. The normalized spacial score (nSPS) is 16.6. The fourth-order valence-corrected chi connectivity index (χ4v) is 4.49. The molecule has 0 bridgehead atoms. The smallest absolute Gasteiger partial charge is 0.270 e. The highest BCUT2D eigenvalue weighted by Crippen LogP contribution is 2.41. The molecule has 190 valence electrons. The third-order valence-corrected chi connectivity index (χ3v) is 6.34. The van der Waals surface area contributed by atoms with Gasteiger partial charge >= 0.3 is 0 Å². The van der Waals surface area contributed by atoms with Crippen LogP contribution in [-0.4, -0.2) is 57.3 Å². The predicted molar refractivity (Wildman–Crippen MR) is 138 cm³/mol. The van der Waals surface area contributed by atoms with Gasteiger partial charge < -0.3 is 25.7 Å². The lowest BCUT2D eigenvalue weighted by atomic mass is 9.89. The molecule has 0 saturated carbocycles. The molecule has 1 aromatic carbocycles. The third kappa shape index (κ3) is 5.58. The number of amides is 2. The Morgan fingerprint density at radius 3 is 2.46 bits per heavy atom. The second-order valence-electron chi connectivity index (χ2n) is 8.96. The number of carbonyl (C=O) groups is 2. The van der Waals surface area contributed by atoms with Gasteiger partial charge in [0.1, 0.15) is 17.6 Å². The predicted octanol–water partition coefficient (Wildman–Crippen LogP) is 2.40. The van der Waals surface area contributed by atoms with Crippen molar-refractivity contribution in [3.63, 3.8) is 0 Å². The second-order valence-corrected chi connectivity index (χ2v) is 8.96. The molecule has 2 amide bonds. The summed E-state index contributed by atoms with van der Waals surface area (Å²) in [5, 5.41) is 33.4. The lowest BCUT2D eigenvalue weighted by Gasteiger charge is -2.39. The van der Waals surface area contributed by atoms with E-state index in [2.05, 4.69) is 26.7 Å². The zero-order valence-electron chi connectivity index (χ0n) is 20.5. The van der Waals surface area contributed by atoms with Crippen molar-refractivity contribution < 1.29 is 19.8 Å². The van der Waals surface area contributed by atoms with E-state index in [9.17, 15) is 19.8 Å². The van der Waals surface area contributed by atoms with Crippen molar-refractivity contribution in [1.29, 1.82) is 5.26 Å². The number of nitrogens with zero attached hydrogens (tertiary/aromatic N) is 4. The Morgan fingerprint density at radius 1 is 1.11 bits per heavy atom. The van der Waals surface area contributed by atoms with Crippen LogP contribution in [0.1, 0.15) is 47.9 Å². The van der Waals surface area contributed by atoms with Crippen LogP contribution in [0.3, 0.4) is 0 Å². The highest BCUT2D eigenvalue weighted by molar-refractivity contribution is 5.95. The number of anilines is 2. The lowest BCUT2D eigenvalue weighted by Crippen LogP contribution is -2.43. The number of aliphatic hydroxyl groups is 2. The summed E-state index contributed by atoms with van der Waals surface area (Å²) < 4.78 is 0. The van der Waals surface area contributed by atoms with Crippen LogP contribution in [-0.2, 0) is 4.79 Å². The molecule has 0 spiro atoms. The molecule has 10 nitrogen and oxygen atoms in total. The molecular weight excluding hydrogens is 472 g/mol. The average molecular weight is 501 g/mol. The van der Waals surface area contributed by atoms with Crippen LogP contribution in [0.5, 0.6) is 0 Å². The molecule has 3 aromatic rings. The van der Waals surface area contributed by atoms with Crippen LogP contribution in [0.25, 0.3) is 11.1 Å². The monoisotopic (exact) mass is 500 g/mol. The Kier molecular flexibility index (Phi) is 7.77. The quantitative estimate of drug-likeness (QED) is 0.386. The maximum Gasteiger partial charge on any atom is 0.270 e. The largest absolute Gasteiger partial charge is 0.394 e. The Hall–Kier alpha value is -4.33. The number of aromatic nitrogens is 2. The van der Waals surface area contributed by atoms with Gasteiger partial charge in [0.2, 0.25) is 5.91 Å². The molecular formula is C27H28N6O4. The Morgan fingerprint density at radius 2 is 1.86 bits per heavy atom. The molecule has 1 aliphatic heterocycles. The summed E-state index contributed by atoms with van der Waals surface area (Å²) in [6, 6.07) is 13.8. The zero-order valence-corrected chi connectivity index (χ0v) is 20.5. The van der Waals surface area contributed by atoms with Crippen molar-refractivity contribution in [2.24, 2.45) is 0 Å². The second kappa shape index (κ2) is 11.2. The maximum absolute atomic E-state index is 12.5. The first-order valence-corrected chi connectivity index (χ1v) is 11.9. The van der Waals surface area contributed by atoms with Gasteiger partial charge in [-0.1, -0.05) is 12.1 Å². The molecule has 0 radical (unpaired) electrons. The van der Waals surface area contributed by atoms with Gasteiger partial charge in [-0.15, -0.1) is 0 Å². The number of aliphatic hydroxyl groups excluding tert-OH is 2. The van der Waals surface area contributed by atoms with Crippen molar-refractivity contribution in [3.8, 4) is 17.2 Å². The van der Waals surface area contributed by atoms with Gasteiger partial charge in [0.05, 0.1) is 30.9 Å². The molecule has 0 aliphatic carbocycles. The van der Waals surface area contributed by atoms with E-state index in [-0.39, 0.29) is 36.9 Å². The minimum absolute atomic E-state index is 0.0344. The molecule has 2 atom stereocenters. The first-order chi connectivity index (χ1) is 17.8. The summed E-state index contributed by atoms with van der Waals surface area (Å²) >= 11 is 0. The number of hydrogen-bond donors (Lipinski definition) is 4. The van der Waals surface area contributed by atoms with Gasteiger partial charge in [-0.2, -0.15) is 5.26 Å². The van der Waals surface area contributed by atoms with Gasteiger partial charge in [0.15, 0.2) is 0 Å². The summed E-state index contributed by atoms with van der Waals surface area (Å²) in [6.07, 6.45) is 3.76. The van der Waals surface area contributed by atoms with Gasteiger partial charge in [0.25, 0.3) is 5.91 Å². The minimum atomic E-state index is -0.753. The van der Waals surface area contributed by atoms with Crippen LogP contribution in [0.2, 0.25) is 0 Å². The molecule has 4 N–H and O–H groups in total. The molecule has 3 heterocycles. The molecule has 0 unspecified atom stereocenters. The van der Waals surface area contributed by atoms with Crippen LogP contribution in [0.15, 0.2) is 54.9 Å². The molecule has 37 heavy (non-hydrogen) atoms. The van der Waals surface area contributed by atoms with Crippen molar-refractivity contribution in [2.45, 2.75) is 38.4 Å². The van der Waals surface area contributed by atoms with Crippen LogP contribution < -0.4 is 15.5 Å². The molecule has 0 fully saturated rings. The van der Waals surface area contributed by atoms with Crippen LogP contribution in [0, 0.1) is 11.3 Å². The minimum Gasteiger partial charge on any atom is -0.394 e. The molecule has 1 aliphatic rings. The molecule has 10 heteroatoms. The highest BCUT2D eigenvalue weighted by Gasteiger charge is 2.33. The van der Waals surface area contributed by atoms with Crippen molar-refractivity contribution in [2.75, 3.05) is 23.4 Å². The van der Waals surface area contributed by atoms with Gasteiger partial charge in [-0.3, -0.25) is 14.6 Å². The maximum atomic E-state index is 12.5. The standard InChI is InChI=1S/C27H28N6O4/c1-16-9-24(32-26-8-3-18(11-28)12-30-26)22-10-19(5-7-25(22)33(16)17(2)36)20-4-6-23(29-13-20)27(37)31-21(14-34)15-35/h3-8,10,12-13,16,21,24,34-35H,9,14-15H2,1-2H3,(H,30,32)(H,31,37)/t16-,24+/m0/s1. The Bertz CT molecular complexity index is 1320. The summed E-state index contributed by atoms with van der Waals surface area (Å²) in [5.74, 6) is 0.0952. The number of nitriles is 1. The SMILES string of the molecule is CC(=O)N1c2ccc(-c3ccc(C(=O)NC(CO)CO)nc3)cc2[C@H](Nc2ccc(C#N)cn2)C[C@@H]1C. The van der Waals surface area contributed by atoms with Crippen molar-refractivity contribution in [1.82, 2.24) is 15.3 Å². The number of hydrogen-bond acceptors (Lipinski definition) is 8. The van der Waals surface area contributed by atoms with E-state index in [0.717, 1.165) is 22.4 Å². The van der Waals surface area contributed by atoms with E-state index in [1.54, 1.807) is 42.3 Å². The number of carbonyl (C=O) groups excluding carboxylic acids is 2. The van der Waals surface area contributed by atoms with Gasteiger partial charge in [-0.25, -0.2) is 4.98 Å². The van der Waals surface area contributed by atoms with Crippen LogP contribution >= 0.6 is 0 Å². The lowest BCUT2D eigenvalue weighted by molar-refractivity contribution is -0.117. The Labute approximate surface area is 214 Å². The number of fused-ring (bicyclic) bond motifs is 1. The van der Waals surface area contributed by atoms with E-state index in [1.165, 1.54) is 6.20 Å². The summed E-state index contributed by atoms with van der Waals surface area (Å²) in [6.45, 7) is 2.80. The topological polar surface area (TPSA) is 151 Å². The van der Waals surface area contributed by atoms with Crippen LogP contribution in [0.4, 0.5) is 11.5 Å². The first kappa shape index (κ1) is 25.8. The van der Waals surface area contributed by atoms with E-state index in [4.69, 9.17) is 5.26 Å². The first-order valence-electron chi connectivity index (χ1n) is 11.9. The molecule has 2 aromatic heterocycles. The fraction of sp³-hybridized carbons (Fsp3) is 0.296. The number of pyridine rings is 2. The molecule has 0 saturated heterocycles. The zero-order chi connectivity index (χ0) is 26.5. The summed E-state index contributed by atoms with van der Waals surface area (Å²) in [4.78, 5) is 35.2.